The molecular formula is C26H24N4O3. The van der Waals surface area contributed by atoms with Crippen molar-refractivity contribution in [2.24, 2.45) is 0 Å². The summed E-state index contributed by atoms with van der Waals surface area (Å²) in [7, 11) is 0. The number of hydrogen-bond acceptors (Lipinski definition) is 5. The molecule has 166 valence electrons. The monoisotopic (exact) mass is 440 g/mol. The highest BCUT2D eigenvalue weighted by atomic mass is 16.6. The average Bonchev–Trinajstić information content (AvgIpc) is 3.29. The summed E-state index contributed by atoms with van der Waals surface area (Å²) in [5.74, 6) is 2.40. The fourth-order valence-electron chi connectivity index (χ4n) is 4.54. The third-order valence-electron chi connectivity index (χ3n) is 6.19. The number of imidazole rings is 1. The number of aryl methyl sites for hydroxylation is 2. The molecule has 4 aromatic rings. The number of para-hydroxylation sites is 1. The van der Waals surface area contributed by atoms with E-state index in [1.807, 2.05) is 48.5 Å². The number of nitrogens with zero attached hydrogens (tertiary/aromatic N) is 3. The van der Waals surface area contributed by atoms with Crippen molar-refractivity contribution in [1.82, 2.24) is 19.9 Å². The lowest BCUT2D eigenvalue weighted by Crippen LogP contribution is -2.23. The van der Waals surface area contributed by atoms with Crippen molar-refractivity contribution in [3.05, 3.63) is 71.8 Å². The molecule has 0 fully saturated rings. The summed E-state index contributed by atoms with van der Waals surface area (Å²) in [6.07, 6.45) is 5.41. The highest BCUT2D eigenvalue weighted by Crippen LogP contribution is 2.35. The molecule has 0 aliphatic carbocycles. The molecule has 2 aromatic heterocycles. The minimum atomic E-state index is -0.140. The number of fused-ring (bicyclic) bond motifs is 3. The highest BCUT2D eigenvalue weighted by molar-refractivity contribution is 6.07. The fraction of sp³-hybridized carbons (Fsp3) is 0.269. The van der Waals surface area contributed by atoms with Gasteiger partial charge in [-0.1, -0.05) is 18.2 Å². The Hall–Kier alpha value is -3.87. The molecule has 0 atom stereocenters. The van der Waals surface area contributed by atoms with E-state index in [1.54, 1.807) is 0 Å². The van der Waals surface area contributed by atoms with Crippen LogP contribution in [0.3, 0.4) is 0 Å². The average molecular weight is 441 g/mol. The van der Waals surface area contributed by atoms with E-state index in [0.717, 1.165) is 46.7 Å². The molecule has 7 nitrogen and oxygen atoms in total. The Morgan fingerprint density at radius 3 is 2.79 bits per heavy atom. The summed E-state index contributed by atoms with van der Waals surface area (Å²) >= 11 is 0. The molecule has 1 N–H and O–H groups in total. The Labute approximate surface area is 191 Å². The summed E-state index contributed by atoms with van der Waals surface area (Å²) in [4.78, 5) is 22.8. The van der Waals surface area contributed by atoms with Gasteiger partial charge in [-0.3, -0.25) is 4.79 Å². The predicted molar refractivity (Wildman–Crippen MR) is 125 cm³/mol. The van der Waals surface area contributed by atoms with E-state index in [9.17, 15) is 4.79 Å². The van der Waals surface area contributed by atoms with E-state index in [0.29, 0.717) is 36.8 Å². The number of amides is 1. The van der Waals surface area contributed by atoms with Crippen LogP contribution in [0.2, 0.25) is 0 Å². The second-order valence-corrected chi connectivity index (χ2v) is 8.41. The molecule has 0 radical (unpaired) electrons. The number of benzene rings is 2. The van der Waals surface area contributed by atoms with E-state index in [1.165, 1.54) is 12.8 Å². The summed E-state index contributed by atoms with van der Waals surface area (Å²) < 4.78 is 13.6. The Bertz CT molecular complexity index is 1340. The minimum absolute atomic E-state index is 0.140. The van der Waals surface area contributed by atoms with Gasteiger partial charge in [-0.05, 0) is 43.2 Å². The van der Waals surface area contributed by atoms with Gasteiger partial charge in [0.05, 0.1) is 29.0 Å². The van der Waals surface area contributed by atoms with Crippen LogP contribution in [0.4, 0.5) is 0 Å². The molecular weight excluding hydrogens is 416 g/mol. The molecule has 0 saturated carbocycles. The summed E-state index contributed by atoms with van der Waals surface area (Å²) in [6, 6.07) is 15.3. The van der Waals surface area contributed by atoms with Gasteiger partial charge in [-0.25, -0.2) is 9.97 Å². The normalized spacial score (nSPS) is 14.7. The van der Waals surface area contributed by atoms with Crippen LogP contribution in [0.5, 0.6) is 11.5 Å². The lowest BCUT2D eigenvalue weighted by atomic mass is 10.0. The fourth-order valence-corrected chi connectivity index (χ4v) is 4.54. The van der Waals surface area contributed by atoms with Gasteiger partial charge in [0, 0.05) is 30.1 Å². The zero-order chi connectivity index (χ0) is 22.2. The van der Waals surface area contributed by atoms with E-state index < -0.39 is 0 Å². The van der Waals surface area contributed by atoms with Gasteiger partial charge in [0.25, 0.3) is 5.91 Å². The largest absolute Gasteiger partial charge is 0.486 e. The van der Waals surface area contributed by atoms with Crippen molar-refractivity contribution in [1.29, 1.82) is 0 Å². The first kappa shape index (κ1) is 19.8. The number of carbonyl (C=O) groups is 1. The number of rotatable bonds is 4. The van der Waals surface area contributed by atoms with Gasteiger partial charge in [0.15, 0.2) is 11.5 Å². The van der Waals surface area contributed by atoms with E-state index in [2.05, 4.69) is 16.1 Å². The Kier molecular flexibility index (Phi) is 4.94. The smallest absolute Gasteiger partial charge is 0.252 e. The molecule has 0 spiro atoms. The van der Waals surface area contributed by atoms with Gasteiger partial charge >= 0.3 is 0 Å². The first-order valence-corrected chi connectivity index (χ1v) is 11.4. The molecule has 0 bridgehead atoms. The zero-order valence-electron chi connectivity index (χ0n) is 18.2. The first-order valence-electron chi connectivity index (χ1n) is 11.4. The van der Waals surface area contributed by atoms with Gasteiger partial charge < -0.3 is 19.4 Å². The highest BCUT2D eigenvalue weighted by Gasteiger charge is 2.18. The molecule has 2 aliphatic heterocycles. The van der Waals surface area contributed by atoms with Gasteiger partial charge in [-0.2, -0.15) is 0 Å². The number of nitrogens with one attached hydrogen (secondary N) is 1. The van der Waals surface area contributed by atoms with Crippen LogP contribution in [-0.2, 0) is 19.5 Å². The third kappa shape index (κ3) is 3.80. The standard InChI is InChI=1S/C26H24N4O3/c31-26(27-15-18-16-30-10-4-3-7-25(30)28-18)20-14-22(29-21-6-2-1-5-19(20)21)17-8-9-23-24(13-17)33-12-11-32-23/h1-2,5-6,8-9,13-14,16H,3-4,7,10-12,15H2,(H,27,31). The molecule has 4 heterocycles. The molecule has 0 unspecified atom stereocenters. The third-order valence-corrected chi connectivity index (χ3v) is 6.19. The van der Waals surface area contributed by atoms with E-state index in [-0.39, 0.29) is 5.91 Å². The maximum absolute atomic E-state index is 13.3. The molecule has 1 amide bonds. The summed E-state index contributed by atoms with van der Waals surface area (Å²) in [5.41, 5.74) is 3.85. The molecule has 7 heteroatoms. The number of carbonyl (C=O) groups excluding carboxylic acids is 1. The lowest BCUT2D eigenvalue weighted by Gasteiger charge is -2.19. The zero-order valence-corrected chi connectivity index (χ0v) is 18.2. The number of hydrogen-bond donors (Lipinski definition) is 1. The van der Waals surface area contributed by atoms with Crippen LogP contribution in [0.15, 0.2) is 54.7 Å². The Morgan fingerprint density at radius 1 is 1.00 bits per heavy atom. The molecule has 0 saturated heterocycles. The molecule has 2 aliphatic rings. The van der Waals surface area contributed by atoms with Crippen molar-refractivity contribution in [3.63, 3.8) is 0 Å². The van der Waals surface area contributed by atoms with Crippen LogP contribution in [0.25, 0.3) is 22.2 Å². The number of aromatic nitrogens is 3. The molecule has 6 rings (SSSR count). The van der Waals surface area contributed by atoms with Crippen LogP contribution in [0, 0.1) is 0 Å². The predicted octanol–water partition coefficient (Wildman–Crippen LogP) is 4.14. The molecule has 33 heavy (non-hydrogen) atoms. The Balaban J connectivity index is 1.32. The van der Waals surface area contributed by atoms with Gasteiger partial charge in [0.1, 0.15) is 19.0 Å². The van der Waals surface area contributed by atoms with E-state index >= 15 is 0 Å². The summed E-state index contributed by atoms with van der Waals surface area (Å²) in [6.45, 7) is 2.47. The van der Waals surface area contributed by atoms with Crippen molar-refractivity contribution in [2.75, 3.05) is 13.2 Å². The number of pyridine rings is 1. The van der Waals surface area contributed by atoms with Crippen molar-refractivity contribution in [2.45, 2.75) is 32.4 Å². The Morgan fingerprint density at radius 2 is 1.88 bits per heavy atom. The maximum atomic E-state index is 13.3. The SMILES string of the molecule is O=C(NCc1cn2c(n1)CCCC2)c1cc(-c2ccc3c(c2)OCCO3)nc2ccccc12. The first-order chi connectivity index (χ1) is 16.2. The second kappa shape index (κ2) is 8.24. The topological polar surface area (TPSA) is 78.3 Å². The van der Waals surface area contributed by atoms with Crippen LogP contribution in [-0.4, -0.2) is 33.7 Å². The van der Waals surface area contributed by atoms with Crippen LogP contribution in [0.1, 0.15) is 34.7 Å². The van der Waals surface area contributed by atoms with Crippen molar-refractivity contribution < 1.29 is 14.3 Å². The molecule has 2 aromatic carbocycles. The van der Waals surface area contributed by atoms with Crippen LogP contribution < -0.4 is 14.8 Å². The van der Waals surface area contributed by atoms with Gasteiger partial charge in [-0.15, -0.1) is 0 Å². The maximum Gasteiger partial charge on any atom is 0.252 e. The summed E-state index contributed by atoms with van der Waals surface area (Å²) in [5, 5.41) is 3.88. The van der Waals surface area contributed by atoms with E-state index in [4.69, 9.17) is 19.4 Å². The van der Waals surface area contributed by atoms with Gasteiger partial charge in [0.2, 0.25) is 0 Å². The lowest BCUT2D eigenvalue weighted by molar-refractivity contribution is 0.0952. The minimum Gasteiger partial charge on any atom is -0.486 e. The number of ether oxygens (including phenoxy) is 2. The second-order valence-electron chi connectivity index (χ2n) is 8.41. The van der Waals surface area contributed by atoms with Crippen molar-refractivity contribution >= 4 is 16.8 Å². The quantitative estimate of drug-likeness (QED) is 0.516. The van der Waals surface area contributed by atoms with Crippen LogP contribution >= 0.6 is 0 Å². The van der Waals surface area contributed by atoms with Crippen molar-refractivity contribution in [3.8, 4) is 22.8 Å².